The van der Waals surface area contributed by atoms with Crippen molar-refractivity contribution in [3.05, 3.63) is 47.2 Å². The van der Waals surface area contributed by atoms with E-state index < -0.39 is 0 Å². The number of amides is 1. The molecule has 3 rings (SSSR count). The molecule has 0 aliphatic carbocycles. The maximum atomic E-state index is 12.8. The number of rotatable bonds is 9. The van der Waals surface area contributed by atoms with E-state index in [1.807, 2.05) is 65.7 Å². The first-order chi connectivity index (χ1) is 16.1. The summed E-state index contributed by atoms with van der Waals surface area (Å²) in [5.74, 6) is 2.52. The number of carbonyl (C=O) groups excluding carboxylic acids is 1. The van der Waals surface area contributed by atoms with Gasteiger partial charge in [0, 0.05) is 52.0 Å². The van der Waals surface area contributed by atoms with E-state index in [9.17, 15) is 4.79 Å². The molecule has 1 saturated heterocycles. The molecular formula is C27H40N4O3. The van der Waals surface area contributed by atoms with Crippen molar-refractivity contribution in [1.29, 1.82) is 0 Å². The molecule has 34 heavy (non-hydrogen) atoms. The molecule has 1 aliphatic heterocycles. The number of ether oxygens (including phenoxy) is 2. The molecule has 2 heterocycles. The van der Waals surface area contributed by atoms with Crippen LogP contribution in [0.2, 0.25) is 0 Å². The topological polar surface area (TPSA) is 66.9 Å². The van der Waals surface area contributed by atoms with Crippen LogP contribution in [0.4, 0.5) is 5.82 Å². The van der Waals surface area contributed by atoms with Crippen molar-refractivity contribution in [3.8, 4) is 11.5 Å². The highest BCUT2D eigenvalue weighted by atomic mass is 16.5. The molecule has 7 heteroatoms. The fourth-order valence-corrected chi connectivity index (χ4v) is 4.32. The molecule has 1 aromatic carbocycles. The van der Waals surface area contributed by atoms with Crippen molar-refractivity contribution < 1.29 is 14.3 Å². The number of hydrogen-bond acceptors (Lipinski definition) is 6. The molecular weight excluding hydrogens is 428 g/mol. The lowest BCUT2D eigenvalue weighted by Gasteiger charge is -2.32. The Morgan fingerprint density at radius 2 is 1.65 bits per heavy atom. The maximum absolute atomic E-state index is 12.8. The number of nitrogens with zero attached hydrogens (tertiary/aromatic N) is 3. The molecule has 1 fully saturated rings. The van der Waals surface area contributed by atoms with E-state index in [2.05, 4.69) is 27.3 Å². The first-order valence-corrected chi connectivity index (χ1v) is 12.2. The van der Waals surface area contributed by atoms with Gasteiger partial charge in [-0.1, -0.05) is 0 Å². The fraction of sp³-hybridized carbons (Fsp3) is 0.556. The predicted octanol–water partition coefficient (Wildman–Crippen LogP) is 4.42. The molecule has 186 valence electrons. The number of hydrogen-bond donors (Lipinski definition) is 1. The smallest absolute Gasteiger partial charge is 0.253 e. The average Bonchev–Trinajstić information content (AvgIpc) is 2.73. The number of nitrogens with one attached hydrogen (secondary N) is 1. The summed E-state index contributed by atoms with van der Waals surface area (Å²) in [7, 11) is 3.91. The maximum Gasteiger partial charge on any atom is 0.253 e. The quantitative estimate of drug-likeness (QED) is 0.588. The van der Waals surface area contributed by atoms with Gasteiger partial charge in [0.25, 0.3) is 5.91 Å². The number of aryl methyl sites for hydroxylation is 1. The number of likely N-dealkylation sites (tertiary alicyclic amines) is 1. The van der Waals surface area contributed by atoms with Gasteiger partial charge in [-0.3, -0.25) is 9.69 Å². The van der Waals surface area contributed by atoms with Gasteiger partial charge in [0.1, 0.15) is 17.3 Å². The van der Waals surface area contributed by atoms with E-state index in [0.29, 0.717) is 5.56 Å². The zero-order valence-electron chi connectivity index (χ0n) is 21.7. The van der Waals surface area contributed by atoms with E-state index in [0.717, 1.165) is 55.4 Å². The fourth-order valence-electron chi connectivity index (χ4n) is 4.32. The molecule has 7 nitrogen and oxygen atoms in total. The van der Waals surface area contributed by atoms with E-state index in [1.54, 1.807) is 6.20 Å². The third kappa shape index (κ3) is 7.35. The third-order valence-corrected chi connectivity index (χ3v) is 5.75. The van der Waals surface area contributed by atoms with Crippen molar-refractivity contribution in [2.45, 2.75) is 72.3 Å². The van der Waals surface area contributed by atoms with Crippen LogP contribution in [-0.2, 0) is 6.54 Å². The Kier molecular flexibility index (Phi) is 8.78. The molecule has 1 aromatic heterocycles. The Balaban J connectivity index is 1.56. The minimum absolute atomic E-state index is 0.0478. The van der Waals surface area contributed by atoms with Gasteiger partial charge >= 0.3 is 0 Å². The lowest BCUT2D eigenvalue weighted by molar-refractivity contribution is 0.0908. The van der Waals surface area contributed by atoms with Gasteiger partial charge < -0.3 is 19.7 Å². The van der Waals surface area contributed by atoms with Crippen LogP contribution in [-0.4, -0.2) is 61.2 Å². The van der Waals surface area contributed by atoms with Crippen LogP contribution in [0.25, 0.3) is 0 Å². The Morgan fingerprint density at radius 1 is 1.06 bits per heavy atom. The summed E-state index contributed by atoms with van der Waals surface area (Å²) < 4.78 is 11.9. The number of anilines is 1. The van der Waals surface area contributed by atoms with Crippen molar-refractivity contribution in [1.82, 2.24) is 15.2 Å². The number of pyridine rings is 1. The van der Waals surface area contributed by atoms with E-state index in [1.165, 1.54) is 5.56 Å². The van der Waals surface area contributed by atoms with Crippen LogP contribution < -0.4 is 19.7 Å². The summed E-state index contributed by atoms with van der Waals surface area (Å²) in [6, 6.07) is 8.26. The standard InChI is InChI=1S/C27H40N4O3/c1-18(2)33-24-13-21(14-25(15-24)34-19(3)4)17-31-10-8-23(9-11-31)29-27(32)22-12-20(5)26(28-16-22)30(6)7/h12-16,18-19,23H,8-11,17H2,1-7H3,(H,29,32). The molecule has 0 radical (unpaired) electrons. The third-order valence-electron chi connectivity index (χ3n) is 5.75. The molecule has 0 spiro atoms. The summed E-state index contributed by atoms with van der Waals surface area (Å²) >= 11 is 0. The Labute approximate surface area is 204 Å². The molecule has 1 amide bonds. The van der Waals surface area contributed by atoms with Crippen LogP contribution in [0, 0.1) is 6.92 Å². The minimum Gasteiger partial charge on any atom is -0.491 e. The average molecular weight is 469 g/mol. The highest BCUT2D eigenvalue weighted by Crippen LogP contribution is 2.26. The second-order valence-corrected chi connectivity index (χ2v) is 9.93. The lowest BCUT2D eigenvalue weighted by Crippen LogP contribution is -2.44. The zero-order chi connectivity index (χ0) is 24.8. The molecule has 0 saturated carbocycles. The minimum atomic E-state index is -0.0478. The monoisotopic (exact) mass is 468 g/mol. The Bertz CT molecular complexity index is 938. The number of carbonyl (C=O) groups is 1. The van der Waals surface area contributed by atoms with Gasteiger partial charge in [-0.25, -0.2) is 4.98 Å². The number of benzene rings is 1. The predicted molar refractivity (Wildman–Crippen MR) is 137 cm³/mol. The Hall–Kier alpha value is -2.80. The summed E-state index contributed by atoms with van der Waals surface area (Å²) in [6.45, 7) is 12.8. The van der Waals surface area contributed by atoms with Gasteiger partial charge in [0.05, 0.1) is 17.8 Å². The van der Waals surface area contributed by atoms with Gasteiger partial charge in [-0.05, 0) is 76.8 Å². The first kappa shape index (κ1) is 25.8. The summed E-state index contributed by atoms with van der Waals surface area (Å²) in [5, 5.41) is 3.20. The van der Waals surface area contributed by atoms with Crippen LogP contribution in [0.3, 0.4) is 0 Å². The molecule has 2 aromatic rings. The first-order valence-electron chi connectivity index (χ1n) is 12.2. The number of piperidine rings is 1. The summed E-state index contributed by atoms with van der Waals surface area (Å²) in [6.07, 6.45) is 3.73. The summed E-state index contributed by atoms with van der Waals surface area (Å²) in [5.41, 5.74) is 2.79. The van der Waals surface area contributed by atoms with Crippen molar-refractivity contribution in [3.63, 3.8) is 0 Å². The Morgan fingerprint density at radius 3 is 2.15 bits per heavy atom. The molecule has 1 aliphatic rings. The normalized spacial score (nSPS) is 15.0. The van der Waals surface area contributed by atoms with Gasteiger partial charge in [0.2, 0.25) is 0 Å². The zero-order valence-corrected chi connectivity index (χ0v) is 21.7. The SMILES string of the molecule is Cc1cc(C(=O)NC2CCN(Cc3cc(OC(C)C)cc(OC(C)C)c3)CC2)cnc1N(C)C. The van der Waals surface area contributed by atoms with Crippen LogP contribution in [0.15, 0.2) is 30.5 Å². The second kappa shape index (κ2) is 11.6. The lowest BCUT2D eigenvalue weighted by atomic mass is 10.0. The van der Waals surface area contributed by atoms with Gasteiger partial charge in [0.15, 0.2) is 0 Å². The van der Waals surface area contributed by atoms with Gasteiger partial charge in [-0.15, -0.1) is 0 Å². The highest BCUT2D eigenvalue weighted by Gasteiger charge is 2.22. The van der Waals surface area contributed by atoms with E-state index >= 15 is 0 Å². The van der Waals surface area contributed by atoms with E-state index in [-0.39, 0.29) is 24.2 Å². The van der Waals surface area contributed by atoms with E-state index in [4.69, 9.17) is 9.47 Å². The summed E-state index contributed by atoms with van der Waals surface area (Å²) in [4.78, 5) is 21.6. The molecule has 0 unspecified atom stereocenters. The van der Waals surface area contributed by atoms with Crippen molar-refractivity contribution >= 4 is 11.7 Å². The molecule has 0 bridgehead atoms. The van der Waals surface area contributed by atoms with Crippen LogP contribution in [0.5, 0.6) is 11.5 Å². The molecule has 0 atom stereocenters. The highest BCUT2D eigenvalue weighted by molar-refractivity contribution is 5.94. The van der Waals surface area contributed by atoms with Gasteiger partial charge in [-0.2, -0.15) is 0 Å². The second-order valence-electron chi connectivity index (χ2n) is 9.93. The van der Waals surface area contributed by atoms with Crippen molar-refractivity contribution in [2.24, 2.45) is 0 Å². The number of aromatic nitrogens is 1. The van der Waals surface area contributed by atoms with Crippen LogP contribution in [0.1, 0.15) is 62.0 Å². The molecule has 1 N–H and O–H groups in total. The largest absolute Gasteiger partial charge is 0.491 e. The van der Waals surface area contributed by atoms with Crippen LogP contribution >= 0.6 is 0 Å². The van der Waals surface area contributed by atoms with Crippen molar-refractivity contribution in [2.75, 3.05) is 32.1 Å².